The average Bonchev–Trinajstić information content (AvgIpc) is 3.51. The van der Waals surface area contributed by atoms with Gasteiger partial charge in [0, 0.05) is 36.3 Å². The van der Waals surface area contributed by atoms with E-state index < -0.39 is 17.0 Å². The molecule has 4 aromatic rings. The highest BCUT2D eigenvalue weighted by Gasteiger charge is 2.62. The maximum Gasteiger partial charge on any atom is 0.347 e. The van der Waals surface area contributed by atoms with E-state index in [2.05, 4.69) is 24.3 Å². The van der Waals surface area contributed by atoms with Crippen molar-refractivity contribution in [2.45, 2.75) is 77.2 Å². The van der Waals surface area contributed by atoms with E-state index in [4.69, 9.17) is 18.9 Å². The SMILES string of the molecule is CC(C)(Oc1ccc(C2N(c3ccc(OCc4ccc(C[N+]56CCC(CC5)CC6)cc4)cc3)C(=O)C23CCN(C(=O)c2ccc4c(c2)OCCCO4)CC3)cc1)C(=O)O. The number of rotatable bonds is 11. The number of hydrogen-bond acceptors (Lipinski definition) is 7. The predicted octanol–water partition coefficient (Wildman–Crippen LogP) is 7.81. The Morgan fingerprint density at radius 1 is 0.814 bits per heavy atom. The summed E-state index contributed by atoms with van der Waals surface area (Å²) in [7, 11) is 0. The van der Waals surface area contributed by atoms with Gasteiger partial charge in [0.1, 0.15) is 24.7 Å². The van der Waals surface area contributed by atoms with Crippen molar-refractivity contribution >= 4 is 23.5 Å². The van der Waals surface area contributed by atoms with Crippen LogP contribution in [0.5, 0.6) is 23.0 Å². The lowest BCUT2D eigenvalue weighted by molar-refractivity contribution is -0.955. The zero-order chi connectivity index (χ0) is 40.8. The molecule has 6 aliphatic rings. The average molecular weight is 801 g/mol. The fourth-order valence-electron chi connectivity index (χ4n) is 9.89. The van der Waals surface area contributed by atoms with Gasteiger partial charge in [0.05, 0.1) is 44.3 Å². The number of amides is 2. The van der Waals surface area contributed by atoms with E-state index in [1.807, 2.05) is 46.2 Å². The number of benzene rings is 4. The molecule has 308 valence electrons. The molecule has 10 rings (SSSR count). The van der Waals surface area contributed by atoms with E-state index in [1.54, 1.807) is 30.3 Å². The van der Waals surface area contributed by atoms with Gasteiger partial charge in [-0.25, -0.2) is 4.79 Å². The lowest BCUT2D eigenvalue weighted by Crippen LogP contribution is -2.67. The molecule has 0 radical (unpaired) electrons. The number of carboxylic acid groups (broad SMARTS) is 1. The first-order chi connectivity index (χ1) is 28.5. The zero-order valence-corrected chi connectivity index (χ0v) is 34.1. The monoisotopic (exact) mass is 800 g/mol. The molecular formula is C48H54N3O8+. The number of fused-ring (bicyclic) bond motifs is 4. The molecule has 1 unspecified atom stereocenters. The molecule has 11 heteroatoms. The molecule has 5 saturated heterocycles. The first kappa shape index (κ1) is 38.9. The molecule has 6 aliphatic heterocycles. The van der Waals surface area contributed by atoms with Crippen LogP contribution in [0.15, 0.2) is 91.0 Å². The minimum Gasteiger partial charge on any atom is -0.490 e. The Kier molecular flexibility index (Phi) is 10.3. The summed E-state index contributed by atoms with van der Waals surface area (Å²) in [5.74, 6) is 2.17. The van der Waals surface area contributed by atoms with Crippen molar-refractivity contribution < 1.29 is 42.9 Å². The summed E-state index contributed by atoms with van der Waals surface area (Å²) in [4.78, 5) is 43.6. The Labute approximate surface area is 346 Å². The third-order valence-corrected chi connectivity index (χ3v) is 13.5. The lowest BCUT2D eigenvalue weighted by Gasteiger charge is -2.59. The Morgan fingerprint density at radius 2 is 1.44 bits per heavy atom. The molecule has 1 N–H and O–H groups in total. The molecule has 0 aliphatic carbocycles. The predicted molar refractivity (Wildman–Crippen MR) is 222 cm³/mol. The minimum atomic E-state index is -1.41. The Bertz CT molecular complexity index is 2170. The number of carbonyl (C=O) groups is 3. The van der Waals surface area contributed by atoms with Crippen LogP contribution in [0.3, 0.4) is 0 Å². The van der Waals surface area contributed by atoms with E-state index in [0.717, 1.165) is 41.4 Å². The molecule has 4 aromatic carbocycles. The first-order valence-electron chi connectivity index (χ1n) is 21.2. The second-order valence-corrected chi connectivity index (χ2v) is 17.7. The zero-order valence-electron chi connectivity index (χ0n) is 34.1. The van der Waals surface area contributed by atoms with Gasteiger partial charge in [0.25, 0.3) is 5.91 Å². The number of aliphatic carboxylic acids is 1. The molecule has 5 fully saturated rings. The molecule has 11 nitrogen and oxygen atoms in total. The first-order valence-corrected chi connectivity index (χ1v) is 21.2. The topological polar surface area (TPSA) is 115 Å². The third kappa shape index (κ3) is 7.61. The van der Waals surface area contributed by atoms with Gasteiger partial charge in [-0.1, -0.05) is 36.4 Å². The summed E-state index contributed by atoms with van der Waals surface area (Å²) in [6, 6.07) is 28.9. The number of nitrogens with zero attached hydrogens (tertiary/aromatic N) is 3. The van der Waals surface area contributed by atoms with Crippen molar-refractivity contribution in [1.82, 2.24) is 4.90 Å². The van der Waals surface area contributed by atoms with Gasteiger partial charge in [-0.2, -0.15) is 0 Å². The normalized spacial score (nSPS) is 23.3. The Morgan fingerprint density at radius 3 is 2.10 bits per heavy atom. The third-order valence-electron chi connectivity index (χ3n) is 13.5. The van der Waals surface area contributed by atoms with Gasteiger partial charge in [-0.3, -0.25) is 9.59 Å². The van der Waals surface area contributed by atoms with Crippen molar-refractivity contribution in [2.24, 2.45) is 11.3 Å². The van der Waals surface area contributed by atoms with E-state index in [9.17, 15) is 19.5 Å². The molecule has 0 saturated carbocycles. The minimum absolute atomic E-state index is 0.0192. The van der Waals surface area contributed by atoms with Crippen LogP contribution in [-0.4, -0.2) is 83.8 Å². The highest BCUT2D eigenvalue weighted by Crippen LogP contribution is 2.58. The fourth-order valence-corrected chi connectivity index (χ4v) is 9.89. The van der Waals surface area contributed by atoms with Gasteiger partial charge in [-0.15, -0.1) is 0 Å². The van der Waals surface area contributed by atoms with Gasteiger partial charge >= 0.3 is 5.97 Å². The van der Waals surface area contributed by atoms with Crippen molar-refractivity contribution in [3.05, 3.63) is 113 Å². The number of ether oxygens (including phenoxy) is 4. The van der Waals surface area contributed by atoms with E-state index in [0.29, 0.717) is 68.6 Å². The number of carboxylic acids is 1. The van der Waals surface area contributed by atoms with Crippen LogP contribution >= 0.6 is 0 Å². The summed E-state index contributed by atoms with van der Waals surface area (Å²) in [6.45, 7) is 10.5. The summed E-state index contributed by atoms with van der Waals surface area (Å²) < 4.78 is 24.9. The number of β-lactam (4-membered cyclic amide) rings is 1. The van der Waals surface area contributed by atoms with Crippen molar-refractivity contribution in [1.29, 1.82) is 0 Å². The summed E-state index contributed by atoms with van der Waals surface area (Å²) >= 11 is 0. The van der Waals surface area contributed by atoms with Crippen LogP contribution in [0.25, 0.3) is 0 Å². The largest absolute Gasteiger partial charge is 0.490 e. The van der Waals surface area contributed by atoms with Crippen molar-refractivity contribution in [3.63, 3.8) is 0 Å². The van der Waals surface area contributed by atoms with Crippen LogP contribution in [0.4, 0.5) is 5.69 Å². The number of piperidine rings is 4. The van der Waals surface area contributed by atoms with Crippen LogP contribution in [-0.2, 0) is 22.7 Å². The number of carbonyl (C=O) groups excluding carboxylic acids is 2. The van der Waals surface area contributed by atoms with E-state index in [1.165, 1.54) is 62.8 Å². The Hall–Kier alpha value is -5.55. The summed E-state index contributed by atoms with van der Waals surface area (Å²) in [5.41, 5.74) is 2.58. The number of anilines is 1. The maximum atomic E-state index is 14.5. The van der Waals surface area contributed by atoms with Crippen LogP contribution in [0.2, 0.25) is 0 Å². The number of likely N-dealkylation sites (tertiary alicyclic amines) is 1. The molecule has 0 aromatic heterocycles. The van der Waals surface area contributed by atoms with E-state index in [-0.39, 0.29) is 17.9 Å². The van der Waals surface area contributed by atoms with Crippen LogP contribution in [0, 0.1) is 11.3 Å². The highest BCUT2D eigenvalue weighted by molar-refractivity contribution is 6.06. The van der Waals surface area contributed by atoms with Crippen molar-refractivity contribution in [3.8, 4) is 23.0 Å². The molecule has 6 heterocycles. The van der Waals surface area contributed by atoms with Gasteiger partial charge < -0.3 is 38.3 Å². The van der Waals surface area contributed by atoms with Crippen LogP contribution in [0.1, 0.15) is 85.5 Å². The Balaban J connectivity index is 0.892. The van der Waals surface area contributed by atoms with Crippen molar-refractivity contribution in [2.75, 3.05) is 50.8 Å². The molecule has 2 amide bonds. The fraction of sp³-hybridized carbons (Fsp3) is 0.438. The van der Waals surface area contributed by atoms with Gasteiger partial charge in [0.2, 0.25) is 5.91 Å². The highest BCUT2D eigenvalue weighted by atomic mass is 16.5. The summed E-state index contributed by atoms with van der Waals surface area (Å²) in [5, 5.41) is 9.62. The molecule has 59 heavy (non-hydrogen) atoms. The lowest BCUT2D eigenvalue weighted by atomic mass is 9.62. The molecule has 2 bridgehead atoms. The van der Waals surface area contributed by atoms with Gasteiger partial charge in [0.15, 0.2) is 17.1 Å². The molecular weight excluding hydrogens is 747 g/mol. The van der Waals surface area contributed by atoms with Crippen LogP contribution < -0.4 is 23.8 Å². The standard InChI is InChI=1S/C48H53N3O8/c1-47(2,46(54)55)59-40-13-8-36(9-14-40)43-48(21-23-49(24-22-48)44(52)37-10-17-41-42(30-37)57-29-3-28-56-41)45(53)50(43)38-11-15-39(16-12-38)58-32-35-6-4-34(5-7-35)31-51-25-18-33(19-26-51)20-27-51/h4-17,30,33,43H,3,18-29,31-32H2,1-2H3/p+1. The quantitative estimate of drug-likeness (QED) is 0.121. The number of quaternary nitrogens is 1. The maximum absolute atomic E-state index is 14.5. The molecule has 1 atom stereocenters. The van der Waals surface area contributed by atoms with Gasteiger partial charge in [-0.05, 0) is 118 Å². The molecule has 1 spiro atoms. The second kappa shape index (κ2) is 15.6. The van der Waals surface area contributed by atoms with E-state index >= 15 is 0 Å². The smallest absolute Gasteiger partial charge is 0.347 e. The second-order valence-electron chi connectivity index (χ2n) is 17.7. The number of hydrogen-bond donors (Lipinski definition) is 1. The summed E-state index contributed by atoms with van der Waals surface area (Å²) in [6.07, 6.45) is 5.89.